The van der Waals surface area contributed by atoms with Crippen molar-refractivity contribution in [2.45, 2.75) is 37.3 Å². The number of halogens is 1. The number of hydrogen-bond donors (Lipinski definition) is 0. The van der Waals surface area contributed by atoms with Gasteiger partial charge >= 0.3 is 0 Å². The van der Waals surface area contributed by atoms with Gasteiger partial charge in [-0.3, -0.25) is 0 Å². The number of methoxy groups -OCH3 is 1. The van der Waals surface area contributed by atoms with E-state index in [0.717, 1.165) is 35.2 Å². The second-order valence-corrected chi connectivity index (χ2v) is 5.10. The zero-order valence-corrected chi connectivity index (χ0v) is 12.4. The molecule has 0 aromatic heterocycles. The molecule has 0 saturated carbocycles. The van der Waals surface area contributed by atoms with Gasteiger partial charge in [-0.2, -0.15) is 0 Å². The van der Waals surface area contributed by atoms with E-state index in [-0.39, 0.29) is 6.10 Å². The van der Waals surface area contributed by atoms with Crippen molar-refractivity contribution in [3.8, 4) is 11.5 Å². The molecule has 0 spiro atoms. The van der Waals surface area contributed by atoms with Crippen LogP contribution in [0.15, 0.2) is 18.2 Å². The molecule has 2 unspecified atom stereocenters. The van der Waals surface area contributed by atoms with Crippen LogP contribution in [0.4, 0.5) is 0 Å². The minimum atomic E-state index is 0.202. The molecule has 1 aliphatic heterocycles. The first-order valence-corrected chi connectivity index (χ1v) is 7.36. The standard InChI is InChI=1S/C14H19BrO3/c1-10-6-7-12(18-10)9-17-14-11(8-15)4-3-5-13(14)16-2/h3-5,10,12H,6-9H2,1-2H3. The molecule has 0 radical (unpaired) electrons. The molecule has 18 heavy (non-hydrogen) atoms. The van der Waals surface area contributed by atoms with Gasteiger partial charge in [0.1, 0.15) is 6.61 Å². The highest BCUT2D eigenvalue weighted by molar-refractivity contribution is 9.08. The molecule has 1 saturated heterocycles. The summed E-state index contributed by atoms with van der Waals surface area (Å²) < 4.78 is 17.0. The number of alkyl halides is 1. The van der Waals surface area contributed by atoms with Crippen LogP contribution >= 0.6 is 15.9 Å². The Bertz CT molecular complexity index is 372. The first-order valence-electron chi connectivity index (χ1n) is 6.24. The summed E-state index contributed by atoms with van der Waals surface area (Å²) in [4.78, 5) is 0. The third-order valence-corrected chi connectivity index (χ3v) is 3.76. The lowest BCUT2D eigenvalue weighted by Crippen LogP contribution is -2.18. The van der Waals surface area contributed by atoms with Crippen molar-refractivity contribution < 1.29 is 14.2 Å². The van der Waals surface area contributed by atoms with Crippen LogP contribution in [0.1, 0.15) is 25.3 Å². The first-order chi connectivity index (χ1) is 8.74. The minimum absolute atomic E-state index is 0.202. The van der Waals surface area contributed by atoms with Gasteiger partial charge in [0.15, 0.2) is 11.5 Å². The molecule has 0 aliphatic carbocycles. The summed E-state index contributed by atoms with van der Waals surface area (Å²) in [7, 11) is 1.66. The Balaban J connectivity index is 2.03. The lowest BCUT2D eigenvalue weighted by molar-refractivity contribution is 0.0257. The molecule has 0 bridgehead atoms. The molecule has 1 fully saturated rings. The fourth-order valence-electron chi connectivity index (χ4n) is 2.18. The molecule has 2 rings (SSSR count). The average molecular weight is 315 g/mol. The van der Waals surface area contributed by atoms with Gasteiger partial charge < -0.3 is 14.2 Å². The topological polar surface area (TPSA) is 27.7 Å². The summed E-state index contributed by atoms with van der Waals surface area (Å²) in [5.41, 5.74) is 1.10. The van der Waals surface area contributed by atoms with Crippen LogP contribution in [0.25, 0.3) is 0 Å². The van der Waals surface area contributed by atoms with E-state index in [9.17, 15) is 0 Å². The smallest absolute Gasteiger partial charge is 0.165 e. The van der Waals surface area contributed by atoms with Crippen LogP contribution in [-0.2, 0) is 10.1 Å². The van der Waals surface area contributed by atoms with E-state index in [1.165, 1.54) is 0 Å². The predicted molar refractivity (Wildman–Crippen MR) is 74.7 cm³/mol. The molecule has 3 nitrogen and oxygen atoms in total. The molecular weight excluding hydrogens is 296 g/mol. The van der Waals surface area contributed by atoms with Gasteiger partial charge in [0, 0.05) is 10.9 Å². The average Bonchev–Trinajstić information content (AvgIpc) is 2.81. The molecule has 4 heteroatoms. The summed E-state index contributed by atoms with van der Waals surface area (Å²) in [6, 6.07) is 5.92. The Morgan fingerprint density at radius 3 is 2.83 bits per heavy atom. The van der Waals surface area contributed by atoms with E-state index in [4.69, 9.17) is 14.2 Å². The molecule has 0 N–H and O–H groups in total. The maximum atomic E-state index is 5.90. The second-order valence-electron chi connectivity index (χ2n) is 4.54. The van der Waals surface area contributed by atoms with E-state index < -0.39 is 0 Å². The minimum Gasteiger partial charge on any atom is -0.493 e. The van der Waals surface area contributed by atoms with Crippen LogP contribution in [0.5, 0.6) is 11.5 Å². The molecule has 1 aromatic carbocycles. The van der Waals surface area contributed by atoms with Crippen molar-refractivity contribution in [2.75, 3.05) is 13.7 Å². The number of rotatable bonds is 5. The van der Waals surface area contributed by atoms with Gasteiger partial charge in [-0.05, 0) is 25.8 Å². The zero-order chi connectivity index (χ0) is 13.0. The molecule has 2 atom stereocenters. The van der Waals surface area contributed by atoms with Gasteiger partial charge in [-0.25, -0.2) is 0 Å². The van der Waals surface area contributed by atoms with Crippen molar-refractivity contribution in [3.63, 3.8) is 0 Å². The molecule has 1 heterocycles. The first kappa shape index (κ1) is 13.7. The predicted octanol–water partition coefficient (Wildman–Crippen LogP) is 3.54. The van der Waals surface area contributed by atoms with Gasteiger partial charge in [-0.15, -0.1) is 0 Å². The molecule has 1 aromatic rings. The van der Waals surface area contributed by atoms with Crippen molar-refractivity contribution in [3.05, 3.63) is 23.8 Å². The van der Waals surface area contributed by atoms with E-state index in [1.54, 1.807) is 7.11 Å². The van der Waals surface area contributed by atoms with Gasteiger partial charge in [0.2, 0.25) is 0 Å². The SMILES string of the molecule is COc1cccc(CBr)c1OCC1CCC(C)O1. The molecule has 0 amide bonds. The molecular formula is C14H19BrO3. The lowest BCUT2D eigenvalue weighted by Gasteiger charge is -2.17. The van der Waals surface area contributed by atoms with Crippen LogP contribution < -0.4 is 9.47 Å². The third kappa shape index (κ3) is 3.18. The number of benzene rings is 1. The summed E-state index contributed by atoms with van der Waals surface area (Å²) in [6.45, 7) is 2.69. The largest absolute Gasteiger partial charge is 0.493 e. The van der Waals surface area contributed by atoms with Crippen LogP contribution in [-0.4, -0.2) is 25.9 Å². The van der Waals surface area contributed by atoms with Crippen molar-refractivity contribution in [2.24, 2.45) is 0 Å². The van der Waals surface area contributed by atoms with E-state index in [2.05, 4.69) is 22.9 Å². The number of para-hydroxylation sites is 1. The van der Waals surface area contributed by atoms with Gasteiger partial charge in [0.05, 0.1) is 19.3 Å². The van der Waals surface area contributed by atoms with Gasteiger partial charge in [-0.1, -0.05) is 28.1 Å². The maximum Gasteiger partial charge on any atom is 0.165 e. The third-order valence-electron chi connectivity index (χ3n) is 3.16. The van der Waals surface area contributed by atoms with Crippen LogP contribution in [0.3, 0.4) is 0 Å². The van der Waals surface area contributed by atoms with E-state index >= 15 is 0 Å². The van der Waals surface area contributed by atoms with Crippen molar-refractivity contribution >= 4 is 15.9 Å². The monoisotopic (exact) mass is 314 g/mol. The summed E-state index contributed by atoms with van der Waals surface area (Å²) >= 11 is 3.47. The Hall–Kier alpha value is -0.740. The summed E-state index contributed by atoms with van der Waals surface area (Å²) in [5, 5.41) is 0.751. The Kier molecular flexibility index (Phi) is 4.89. The van der Waals surface area contributed by atoms with E-state index in [0.29, 0.717) is 12.7 Å². The Morgan fingerprint density at radius 1 is 1.39 bits per heavy atom. The highest BCUT2D eigenvalue weighted by atomic mass is 79.9. The summed E-state index contributed by atoms with van der Waals surface area (Å²) in [6.07, 6.45) is 2.74. The zero-order valence-electron chi connectivity index (χ0n) is 10.8. The fourth-order valence-corrected chi connectivity index (χ4v) is 2.62. The normalized spacial score (nSPS) is 23.1. The maximum absolute atomic E-state index is 5.90. The Labute approximate surface area is 117 Å². The highest BCUT2D eigenvalue weighted by Gasteiger charge is 2.23. The van der Waals surface area contributed by atoms with Crippen LogP contribution in [0.2, 0.25) is 0 Å². The van der Waals surface area contributed by atoms with E-state index in [1.807, 2.05) is 18.2 Å². The number of ether oxygens (including phenoxy) is 3. The van der Waals surface area contributed by atoms with Crippen molar-refractivity contribution in [1.29, 1.82) is 0 Å². The van der Waals surface area contributed by atoms with Gasteiger partial charge in [0.25, 0.3) is 0 Å². The molecule has 100 valence electrons. The Morgan fingerprint density at radius 2 is 2.22 bits per heavy atom. The highest BCUT2D eigenvalue weighted by Crippen LogP contribution is 2.33. The fraction of sp³-hybridized carbons (Fsp3) is 0.571. The van der Waals surface area contributed by atoms with Crippen molar-refractivity contribution in [1.82, 2.24) is 0 Å². The lowest BCUT2D eigenvalue weighted by atomic mass is 10.2. The van der Waals surface area contributed by atoms with Crippen LogP contribution in [0, 0.1) is 0 Å². The summed E-state index contributed by atoms with van der Waals surface area (Å²) in [5.74, 6) is 1.60. The second kappa shape index (κ2) is 6.43. The quantitative estimate of drug-likeness (QED) is 0.778. The number of hydrogen-bond acceptors (Lipinski definition) is 3. The molecule has 1 aliphatic rings.